The van der Waals surface area contributed by atoms with Crippen LogP contribution in [0.3, 0.4) is 0 Å². The quantitative estimate of drug-likeness (QED) is 0.529. The number of aromatic nitrogens is 2. The van der Waals surface area contributed by atoms with Crippen LogP contribution in [0.2, 0.25) is 0 Å². The fraction of sp³-hybridized carbons (Fsp3) is 0.611. The van der Waals surface area contributed by atoms with Gasteiger partial charge in [-0.1, -0.05) is 11.8 Å². The van der Waals surface area contributed by atoms with Crippen LogP contribution in [0.25, 0.3) is 10.2 Å². The van der Waals surface area contributed by atoms with E-state index in [1.807, 2.05) is 4.90 Å². The molecule has 2 aliphatic rings. The highest BCUT2D eigenvalue weighted by atomic mass is 32.2. The van der Waals surface area contributed by atoms with Crippen molar-refractivity contribution in [1.29, 1.82) is 0 Å². The van der Waals surface area contributed by atoms with Crippen LogP contribution < -0.4 is 0 Å². The van der Waals surface area contributed by atoms with Gasteiger partial charge in [-0.2, -0.15) is 0 Å². The van der Waals surface area contributed by atoms with E-state index in [0.717, 1.165) is 34.8 Å². The van der Waals surface area contributed by atoms with Crippen molar-refractivity contribution in [3.8, 4) is 0 Å². The third-order valence-electron chi connectivity index (χ3n) is 5.65. The van der Waals surface area contributed by atoms with Gasteiger partial charge in [0.05, 0.1) is 17.3 Å². The van der Waals surface area contributed by atoms with Crippen LogP contribution in [0.4, 0.5) is 0 Å². The number of thioether (sulfide) groups is 1. The van der Waals surface area contributed by atoms with Gasteiger partial charge in [-0.05, 0) is 25.8 Å². The van der Waals surface area contributed by atoms with Crippen molar-refractivity contribution < 1.29 is 13.2 Å². The van der Waals surface area contributed by atoms with Crippen molar-refractivity contribution in [1.82, 2.24) is 19.8 Å². The van der Waals surface area contributed by atoms with E-state index in [2.05, 4.69) is 28.7 Å². The molecule has 0 bridgehead atoms. The highest BCUT2D eigenvalue weighted by Crippen LogP contribution is 2.34. The average Bonchev–Trinajstić information content (AvgIpc) is 3.19. The van der Waals surface area contributed by atoms with E-state index in [1.54, 1.807) is 17.7 Å². The molecular weight excluding hydrogens is 416 g/mol. The van der Waals surface area contributed by atoms with E-state index >= 15 is 0 Å². The van der Waals surface area contributed by atoms with E-state index in [0.29, 0.717) is 24.6 Å². The van der Waals surface area contributed by atoms with Crippen molar-refractivity contribution in [3.63, 3.8) is 0 Å². The molecule has 1 atom stereocenters. The minimum absolute atomic E-state index is 0.111. The fourth-order valence-corrected chi connectivity index (χ4v) is 7.66. The van der Waals surface area contributed by atoms with E-state index < -0.39 is 9.84 Å². The number of amides is 1. The number of thiophene rings is 1. The Hall–Kier alpha value is -1.23. The Morgan fingerprint density at radius 2 is 2.00 bits per heavy atom. The first-order chi connectivity index (χ1) is 13.3. The SMILES string of the molecule is Cc1sc2ncnc(SCC(=O)N3CCN([C@@H]4CCS(=O)(=O)C4)CC3)c2c1C. The summed E-state index contributed by atoms with van der Waals surface area (Å²) >= 11 is 3.14. The van der Waals surface area contributed by atoms with E-state index in [1.165, 1.54) is 22.2 Å². The third-order valence-corrected chi connectivity index (χ3v) is 9.49. The lowest BCUT2D eigenvalue weighted by atomic mass is 10.2. The number of nitrogens with zero attached hydrogens (tertiary/aromatic N) is 4. The summed E-state index contributed by atoms with van der Waals surface area (Å²) in [7, 11) is -2.87. The molecule has 0 N–H and O–H groups in total. The number of sulfone groups is 1. The van der Waals surface area contributed by atoms with Gasteiger partial charge in [0.1, 0.15) is 16.2 Å². The predicted molar refractivity (Wildman–Crippen MR) is 113 cm³/mol. The van der Waals surface area contributed by atoms with Crippen LogP contribution in [-0.4, -0.2) is 83.6 Å². The first-order valence-corrected chi connectivity index (χ1v) is 13.0. The maximum absolute atomic E-state index is 12.7. The normalized spacial score (nSPS) is 22.8. The molecule has 0 radical (unpaired) electrons. The zero-order valence-electron chi connectivity index (χ0n) is 16.0. The van der Waals surface area contributed by atoms with Crippen LogP contribution in [0.1, 0.15) is 16.9 Å². The minimum Gasteiger partial charge on any atom is -0.339 e. The van der Waals surface area contributed by atoms with Crippen molar-refractivity contribution in [2.24, 2.45) is 0 Å². The number of hydrogen-bond acceptors (Lipinski definition) is 8. The number of fused-ring (bicyclic) bond motifs is 1. The summed E-state index contributed by atoms with van der Waals surface area (Å²) in [5, 5.41) is 1.94. The molecule has 0 saturated carbocycles. The second-order valence-corrected chi connectivity index (χ2v) is 11.8. The first-order valence-electron chi connectivity index (χ1n) is 9.40. The minimum atomic E-state index is -2.87. The van der Waals surface area contributed by atoms with Crippen molar-refractivity contribution in [2.45, 2.75) is 31.3 Å². The summed E-state index contributed by atoms with van der Waals surface area (Å²) in [6.45, 7) is 6.97. The van der Waals surface area contributed by atoms with E-state index in [-0.39, 0.29) is 17.7 Å². The summed E-state index contributed by atoms with van der Waals surface area (Å²) in [4.78, 5) is 27.7. The molecule has 2 saturated heterocycles. The Labute approximate surface area is 173 Å². The second-order valence-electron chi connectivity index (χ2n) is 7.40. The summed E-state index contributed by atoms with van der Waals surface area (Å²) in [5.41, 5.74) is 1.19. The van der Waals surface area contributed by atoms with E-state index in [9.17, 15) is 13.2 Å². The molecule has 1 amide bonds. The molecule has 2 aromatic heterocycles. The van der Waals surface area contributed by atoms with Crippen molar-refractivity contribution in [2.75, 3.05) is 43.4 Å². The van der Waals surface area contributed by atoms with Gasteiger partial charge < -0.3 is 4.90 Å². The average molecular weight is 441 g/mol. The van der Waals surface area contributed by atoms with Crippen LogP contribution in [-0.2, 0) is 14.6 Å². The predicted octanol–water partition coefficient (Wildman–Crippen LogP) is 1.73. The smallest absolute Gasteiger partial charge is 0.233 e. The van der Waals surface area contributed by atoms with Gasteiger partial charge in [0, 0.05) is 42.5 Å². The molecule has 4 rings (SSSR count). The third kappa shape index (κ3) is 4.05. The maximum Gasteiger partial charge on any atom is 0.233 e. The molecule has 0 spiro atoms. The van der Waals surface area contributed by atoms with Crippen molar-refractivity contribution >= 4 is 49.1 Å². The zero-order valence-corrected chi connectivity index (χ0v) is 18.5. The Morgan fingerprint density at radius 1 is 1.25 bits per heavy atom. The molecule has 0 aromatic carbocycles. The van der Waals surface area contributed by atoms with Gasteiger partial charge in [0.25, 0.3) is 0 Å². The number of aryl methyl sites for hydroxylation is 2. The number of carbonyl (C=O) groups excluding carboxylic acids is 1. The highest BCUT2D eigenvalue weighted by molar-refractivity contribution is 8.00. The Kier molecular flexibility index (Phi) is 5.65. The van der Waals surface area contributed by atoms with Gasteiger partial charge in [-0.3, -0.25) is 9.69 Å². The Bertz CT molecular complexity index is 997. The van der Waals surface area contributed by atoms with Crippen LogP contribution >= 0.6 is 23.1 Å². The molecule has 152 valence electrons. The lowest BCUT2D eigenvalue weighted by Gasteiger charge is -2.37. The molecular formula is C18H24N4O3S3. The standard InChI is InChI=1S/C18H24N4O3S3/c1-12-13(2)27-18-16(12)17(19-11-20-18)26-9-15(23)22-6-4-21(5-7-22)14-3-8-28(24,25)10-14/h11,14H,3-10H2,1-2H3/t14-/m1/s1. The molecule has 2 fully saturated rings. The van der Waals surface area contributed by atoms with Crippen LogP contribution in [0, 0.1) is 13.8 Å². The lowest BCUT2D eigenvalue weighted by Crippen LogP contribution is -2.52. The molecule has 28 heavy (non-hydrogen) atoms. The molecule has 0 aliphatic carbocycles. The van der Waals surface area contributed by atoms with Gasteiger partial charge in [0.15, 0.2) is 9.84 Å². The zero-order chi connectivity index (χ0) is 19.9. The van der Waals surface area contributed by atoms with Gasteiger partial charge in [-0.25, -0.2) is 18.4 Å². The highest BCUT2D eigenvalue weighted by Gasteiger charge is 2.34. The van der Waals surface area contributed by atoms with Crippen LogP contribution in [0.5, 0.6) is 0 Å². The molecule has 2 aliphatic heterocycles. The summed E-state index contributed by atoms with van der Waals surface area (Å²) < 4.78 is 23.4. The number of rotatable bonds is 4. The molecule has 0 unspecified atom stereocenters. The summed E-state index contributed by atoms with van der Waals surface area (Å²) in [6, 6.07) is 0.121. The number of hydrogen-bond donors (Lipinski definition) is 0. The fourth-order valence-electron chi connectivity index (χ4n) is 3.88. The monoisotopic (exact) mass is 440 g/mol. The topological polar surface area (TPSA) is 83.5 Å². The summed E-state index contributed by atoms with van der Waals surface area (Å²) in [5.74, 6) is 1.03. The largest absolute Gasteiger partial charge is 0.339 e. The second kappa shape index (κ2) is 7.89. The van der Waals surface area contributed by atoms with E-state index in [4.69, 9.17) is 0 Å². The van der Waals surface area contributed by atoms with Gasteiger partial charge in [0.2, 0.25) is 5.91 Å². The lowest BCUT2D eigenvalue weighted by molar-refractivity contribution is -0.130. The molecule has 10 heteroatoms. The maximum atomic E-state index is 12.7. The Morgan fingerprint density at radius 3 is 2.68 bits per heavy atom. The number of carbonyl (C=O) groups is 1. The van der Waals surface area contributed by atoms with Crippen molar-refractivity contribution in [3.05, 3.63) is 16.8 Å². The molecule has 2 aromatic rings. The Balaban J connectivity index is 1.33. The molecule has 7 nitrogen and oxygen atoms in total. The number of piperazine rings is 1. The first kappa shape index (κ1) is 20.1. The van der Waals surface area contributed by atoms with Crippen LogP contribution in [0.15, 0.2) is 11.4 Å². The summed E-state index contributed by atoms with van der Waals surface area (Å²) in [6.07, 6.45) is 2.29. The molecule has 4 heterocycles. The van der Waals surface area contributed by atoms with Gasteiger partial charge >= 0.3 is 0 Å². The van der Waals surface area contributed by atoms with Gasteiger partial charge in [-0.15, -0.1) is 11.3 Å².